The third-order valence-corrected chi connectivity index (χ3v) is 3.48. The fourth-order valence-corrected chi connectivity index (χ4v) is 2.55. The number of halogens is 2. The number of anilines is 1. The van der Waals surface area contributed by atoms with Crippen molar-refractivity contribution in [2.75, 3.05) is 12.4 Å². The number of nitrogens with zero attached hydrogens (tertiary/aromatic N) is 1. The molecule has 1 N–H and O–H groups in total. The lowest BCUT2D eigenvalue weighted by Crippen LogP contribution is -2.07. The van der Waals surface area contributed by atoms with Crippen LogP contribution in [-0.2, 0) is 4.79 Å². The van der Waals surface area contributed by atoms with Crippen LogP contribution in [0.25, 0.3) is 6.08 Å². The summed E-state index contributed by atoms with van der Waals surface area (Å²) in [5.74, 6) is -0.0749. The predicted molar refractivity (Wildman–Crippen MR) is 93.8 cm³/mol. The highest BCUT2D eigenvalue weighted by molar-refractivity contribution is 6.36. The smallest absolute Gasteiger partial charge is 0.271 e. The third-order valence-electron chi connectivity index (χ3n) is 2.98. The van der Waals surface area contributed by atoms with E-state index < -0.39 is 10.8 Å². The summed E-state index contributed by atoms with van der Waals surface area (Å²) in [4.78, 5) is 22.1. The minimum absolute atomic E-state index is 0.111. The zero-order valence-electron chi connectivity index (χ0n) is 12.5. The number of hydrogen-bond donors (Lipinski definition) is 1. The fourth-order valence-electron chi connectivity index (χ4n) is 1.97. The quantitative estimate of drug-likeness (QED) is 0.477. The van der Waals surface area contributed by atoms with E-state index >= 15 is 0 Å². The lowest BCUT2D eigenvalue weighted by Gasteiger charge is -2.08. The van der Waals surface area contributed by atoms with Crippen molar-refractivity contribution in [3.63, 3.8) is 0 Å². The van der Waals surface area contributed by atoms with Crippen LogP contribution in [-0.4, -0.2) is 17.9 Å². The maximum absolute atomic E-state index is 12.0. The molecule has 2 aromatic rings. The summed E-state index contributed by atoms with van der Waals surface area (Å²) in [6.45, 7) is 0. The highest BCUT2D eigenvalue weighted by atomic mass is 35.5. The topological polar surface area (TPSA) is 81.5 Å². The predicted octanol–water partition coefficient (Wildman–Crippen LogP) is 4.56. The van der Waals surface area contributed by atoms with Gasteiger partial charge in [-0.25, -0.2) is 0 Å². The van der Waals surface area contributed by atoms with Gasteiger partial charge in [-0.2, -0.15) is 0 Å². The van der Waals surface area contributed by atoms with Gasteiger partial charge in [0.15, 0.2) is 0 Å². The van der Waals surface area contributed by atoms with Crippen LogP contribution in [0.5, 0.6) is 5.75 Å². The molecule has 0 unspecified atom stereocenters. The molecule has 0 aromatic heterocycles. The number of nitrogens with one attached hydrogen (secondary N) is 1. The number of methoxy groups -OCH3 is 1. The lowest BCUT2D eigenvalue weighted by atomic mass is 10.2. The van der Waals surface area contributed by atoms with E-state index in [0.29, 0.717) is 27.0 Å². The number of carbonyl (C=O) groups is 1. The molecule has 0 aliphatic rings. The van der Waals surface area contributed by atoms with Crippen LogP contribution in [0.15, 0.2) is 42.5 Å². The number of non-ortho nitro benzene ring substituents is 1. The molecule has 2 rings (SSSR count). The Morgan fingerprint density at radius 1 is 1.29 bits per heavy atom. The first-order chi connectivity index (χ1) is 11.4. The van der Waals surface area contributed by atoms with Gasteiger partial charge in [0.05, 0.1) is 17.1 Å². The Labute approximate surface area is 147 Å². The molecule has 0 radical (unpaired) electrons. The maximum Gasteiger partial charge on any atom is 0.271 e. The van der Waals surface area contributed by atoms with Crippen molar-refractivity contribution < 1.29 is 14.5 Å². The van der Waals surface area contributed by atoms with Crippen molar-refractivity contribution in [3.05, 3.63) is 68.2 Å². The Hall–Kier alpha value is -2.57. The highest BCUT2D eigenvalue weighted by Crippen LogP contribution is 2.33. The lowest BCUT2D eigenvalue weighted by molar-refractivity contribution is -0.384. The maximum atomic E-state index is 12.0. The number of amides is 1. The van der Waals surface area contributed by atoms with Gasteiger partial charge in [-0.15, -0.1) is 0 Å². The van der Waals surface area contributed by atoms with E-state index in [9.17, 15) is 14.9 Å². The molecular formula is C16H12Cl2N2O4. The van der Waals surface area contributed by atoms with E-state index in [-0.39, 0.29) is 5.69 Å². The molecule has 2 aromatic carbocycles. The van der Waals surface area contributed by atoms with Gasteiger partial charge in [-0.3, -0.25) is 14.9 Å². The van der Waals surface area contributed by atoms with E-state index in [1.165, 1.54) is 43.5 Å². The summed E-state index contributed by atoms with van der Waals surface area (Å²) in [6.07, 6.45) is 2.74. The van der Waals surface area contributed by atoms with Crippen LogP contribution in [0.2, 0.25) is 10.0 Å². The van der Waals surface area contributed by atoms with Crippen LogP contribution in [0.4, 0.5) is 11.4 Å². The largest absolute Gasteiger partial charge is 0.495 e. The molecule has 0 saturated carbocycles. The molecule has 1 amide bonds. The Bertz CT molecular complexity index is 822. The van der Waals surface area contributed by atoms with Crippen molar-refractivity contribution in [2.24, 2.45) is 0 Å². The summed E-state index contributed by atoms with van der Waals surface area (Å²) in [6, 6.07) is 8.77. The molecule has 124 valence electrons. The Morgan fingerprint density at radius 2 is 2.04 bits per heavy atom. The molecule has 0 saturated heterocycles. The average molecular weight is 367 g/mol. The number of hydrogen-bond acceptors (Lipinski definition) is 4. The van der Waals surface area contributed by atoms with Crippen molar-refractivity contribution in [3.8, 4) is 5.75 Å². The van der Waals surface area contributed by atoms with Crippen LogP contribution in [0.3, 0.4) is 0 Å². The Balaban J connectivity index is 2.17. The second kappa shape index (κ2) is 7.81. The number of nitro benzene ring substituents is 1. The molecule has 0 bridgehead atoms. The van der Waals surface area contributed by atoms with Crippen molar-refractivity contribution in [2.45, 2.75) is 0 Å². The monoisotopic (exact) mass is 366 g/mol. The second-order valence-electron chi connectivity index (χ2n) is 4.64. The van der Waals surface area contributed by atoms with Crippen LogP contribution in [0, 0.1) is 10.1 Å². The number of benzene rings is 2. The number of rotatable bonds is 5. The molecule has 0 aliphatic carbocycles. The minimum atomic E-state index is -0.537. The highest BCUT2D eigenvalue weighted by Gasteiger charge is 2.09. The molecule has 0 atom stereocenters. The number of ether oxygens (including phenoxy) is 1. The van der Waals surface area contributed by atoms with Gasteiger partial charge in [0.1, 0.15) is 5.75 Å². The second-order valence-corrected chi connectivity index (χ2v) is 5.48. The number of carbonyl (C=O) groups excluding carboxylic acids is 1. The van der Waals surface area contributed by atoms with E-state index in [1.807, 2.05) is 0 Å². The first-order valence-electron chi connectivity index (χ1n) is 6.67. The van der Waals surface area contributed by atoms with Gasteiger partial charge in [-0.1, -0.05) is 29.3 Å². The number of nitro groups is 1. The van der Waals surface area contributed by atoms with Gasteiger partial charge in [0, 0.05) is 34.5 Å². The van der Waals surface area contributed by atoms with Crippen molar-refractivity contribution >= 4 is 46.6 Å². The molecule has 0 fully saturated rings. The molecule has 0 spiro atoms. The summed E-state index contributed by atoms with van der Waals surface area (Å²) in [5.41, 5.74) is 0.735. The minimum Gasteiger partial charge on any atom is -0.495 e. The SMILES string of the molecule is COc1c(Cl)cc(Cl)cc1/C=C/C(=O)Nc1cccc([N+](=O)[O-])c1. The van der Waals surface area contributed by atoms with Crippen LogP contribution in [0.1, 0.15) is 5.56 Å². The van der Waals surface area contributed by atoms with E-state index in [2.05, 4.69) is 5.32 Å². The van der Waals surface area contributed by atoms with Gasteiger partial charge in [-0.05, 0) is 24.3 Å². The van der Waals surface area contributed by atoms with E-state index in [0.717, 1.165) is 0 Å². The van der Waals surface area contributed by atoms with Gasteiger partial charge in [0.25, 0.3) is 5.69 Å². The fraction of sp³-hybridized carbons (Fsp3) is 0.0625. The Kier molecular flexibility index (Phi) is 5.78. The Morgan fingerprint density at radius 3 is 2.71 bits per heavy atom. The molecule has 24 heavy (non-hydrogen) atoms. The normalized spacial score (nSPS) is 10.6. The van der Waals surface area contributed by atoms with Crippen LogP contribution < -0.4 is 10.1 Å². The third kappa shape index (κ3) is 4.47. The van der Waals surface area contributed by atoms with Crippen molar-refractivity contribution in [1.82, 2.24) is 0 Å². The van der Waals surface area contributed by atoms with Gasteiger partial charge in [0.2, 0.25) is 5.91 Å². The molecular weight excluding hydrogens is 355 g/mol. The zero-order valence-corrected chi connectivity index (χ0v) is 14.0. The first-order valence-corrected chi connectivity index (χ1v) is 7.43. The average Bonchev–Trinajstić information content (AvgIpc) is 2.52. The standard InChI is InChI=1S/C16H12Cl2N2O4/c1-24-16-10(7-11(17)8-14(16)18)5-6-15(21)19-12-3-2-4-13(9-12)20(22)23/h2-9H,1H3,(H,19,21)/b6-5+. The summed E-state index contributed by atoms with van der Waals surface area (Å²) in [7, 11) is 1.45. The molecule has 8 heteroatoms. The molecule has 0 aliphatic heterocycles. The van der Waals surface area contributed by atoms with E-state index in [4.69, 9.17) is 27.9 Å². The molecule has 0 heterocycles. The molecule has 6 nitrogen and oxygen atoms in total. The first kappa shape index (κ1) is 17.8. The summed E-state index contributed by atoms with van der Waals surface area (Å²) < 4.78 is 5.18. The zero-order chi connectivity index (χ0) is 17.7. The van der Waals surface area contributed by atoms with Crippen molar-refractivity contribution in [1.29, 1.82) is 0 Å². The van der Waals surface area contributed by atoms with Gasteiger partial charge >= 0.3 is 0 Å². The summed E-state index contributed by atoms with van der Waals surface area (Å²) >= 11 is 12.0. The van der Waals surface area contributed by atoms with Gasteiger partial charge < -0.3 is 10.1 Å². The van der Waals surface area contributed by atoms with Crippen LogP contribution >= 0.6 is 23.2 Å². The summed E-state index contributed by atoms with van der Waals surface area (Å²) in [5, 5.41) is 14.0. The van der Waals surface area contributed by atoms with E-state index in [1.54, 1.807) is 12.1 Å².